The largest absolute Gasteiger partial charge is 0.466 e. The molecule has 0 radical (unpaired) electrons. The molecule has 0 aromatic carbocycles. The summed E-state index contributed by atoms with van der Waals surface area (Å²) in [5.74, 6) is -7.40. The number of ether oxygens (including phenoxy) is 1. The van der Waals surface area contributed by atoms with E-state index in [0.29, 0.717) is 0 Å². The third kappa shape index (κ3) is 4.01. The van der Waals surface area contributed by atoms with Gasteiger partial charge in [0.2, 0.25) is 0 Å². The van der Waals surface area contributed by atoms with E-state index in [4.69, 9.17) is 0 Å². The van der Waals surface area contributed by atoms with Crippen molar-refractivity contribution in [2.75, 3.05) is 6.61 Å². The topological polar surface area (TPSA) is 26.3 Å². The molecule has 0 aromatic rings. The Balaban J connectivity index is 4.40. The number of esters is 1. The standard InChI is InChI=1S/C8H11F5O2/c1-3-15-6(14)5(2)4-7(9,10)8(11,12)13/h5H,3-4H2,1-2H3. The maximum Gasteiger partial charge on any atom is 0.453 e. The molecule has 0 bridgehead atoms. The predicted molar refractivity (Wildman–Crippen MR) is 41.4 cm³/mol. The lowest BCUT2D eigenvalue weighted by Crippen LogP contribution is -2.39. The van der Waals surface area contributed by atoms with Crippen LogP contribution in [-0.2, 0) is 9.53 Å². The third-order valence-corrected chi connectivity index (χ3v) is 1.67. The van der Waals surface area contributed by atoms with Crippen LogP contribution in [0.15, 0.2) is 0 Å². The van der Waals surface area contributed by atoms with Gasteiger partial charge in [-0.1, -0.05) is 6.92 Å². The van der Waals surface area contributed by atoms with Crippen molar-refractivity contribution in [3.63, 3.8) is 0 Å². The molecule has 15 heavy (non-hydrogen) atoms. The smallest absolute Gasteiger partial charge is 0.453 e. The molecule has 0 rings (SSSR count). The summed E-state index contributed by atoms with van der Waals surface area (Å²) in [6, 6.07) is 0. The molecule has 0 aliphatic carbocycles. The van der Waals surface area contributed by atoms with Crippen LogP contribution in [0.1, 0.15) is 20.3 Å². The first-order valence-electron chi connectivity index (χ1n) is 4.23. The number of alkyl halides is 5. The second-order valence-corrected chi connectivity index (χ2v) is 3.06. The Kier molecular flexibility index (Phi) is 4.48. The molecule has 0 heterocycles. The minimum Gasteiger partial charge on any atom is -0.466 e. The molecule has 0 fully saturated rings. The number of carbonyl (C=O) groups excluding carboxylic acids is 1. The average Bonchev–Trinajstić information content (AvgIpc) is 2.01. The van der Waals surface area contributed by atoms with E-state index in [1.54, 1.807) is 0 Å². The fraction of sp³-hybridized carbons (Fsp3) is 0.875. The van der Waals surface area contributed by atoms with Crippen molar-refractivity contribution in [3.8, 4) is 0 Å². The van der Waals surface area contributed by atoms with Crippen LogP contribution in [-0.4, -0.2) is 24.7 Å². The van der Waals surface area contributed by atoms with Crippen molar-refractivity contribution in [1.82, 2.24) is 0 Å². The maximum atomic E-state index is 12.4. The predicted octanol–water partition coefficient (Wildman–Crippen LogP) is 2.77. The van der Waals surface area contributed by atoms with Gasteiger partial charge in [0, 0.05) is 6.42 Å². The number of hydrogen-bond donors (Lipinski definition) is 0. The van der Waals surface area contributed by atoms with E-state index in [1.807, 2.05) is 0 Å². The second kappa shape index (κ2) is 4.76. The summed E-state index contributed by atoms with van der Waals surface area (Å²) in [7, 11) is 0. The molecule has 0 aliphatic heterocycles. The van der Waals surface area contributed by atoms with E-state index < -0.39 is 30.4 Å². The molecule has 0 spiro atoms. The minimum atomic E-state index is -5.63. The van der Waals surface area contributed by atoms with Crippen molar-refractivity contribution in [2.24, 2.45) is 5.92 Å². The Labute approximate surface area is 83.4 Å². The van der Waals surface area contributed by atoms with Gasteiger partial charge in [0.1, 0.15) is 0 Å². The van der Waals surface area contributed by atoms with Gasteiger partial charge in [-0.25, -0.2) is 0 Å². The molecule has 0 amide bonds. The molecule has 0 aromatic heterocycles. The molecule has 2 nitrogen and oxygen atoms in total. The highest BCUT2D eigenvalue weighted by Gasteiger charge is 2.58. The number of halogens is 5. The van der Waals surface area contributed by atoms with Gasteiger partial charge >= 0.3 is 18.1 Å². The van der Waals surface area contributed by atoms with Crippen LogP contribution in [0.2, 0.25) is 0 Å². The van der Waals surface area contributed by atoms with E-state index >= 15 is 0 Å². The molecule has 1 atom stereocenters. The first-order valence-corrected chi connectivity index (χ1v) is 4.23. The van der Waals surface area contributed by atoms with Gasteiger partial charge in [-0.3, -0.25) is 4.79 Å². The minimum absolute atomic E-state index is 0.0548. The van der Waals surface area contributed by atoms with Crippen LogP contribution in [0.25, 0.3) is 0 Å². The molecule has 1 unspecified atom stereocenters. The summed E-state index contributed by atoms with van der Waals surface area (Å²) in [6.45, 7) is 2.35. The lowest BCUT2D eigenvalue weighted by molar-refractivity contribution is -0.287. The van der Waals surface area contributed by atoms with Crippen molar-refractivity contribution in [1.29, 1.82) is 0 Å². The molecule has 0 aliphatic rings. The lowest BCUT2D eigenvalue weighted by Gasteiger charge is -2.21. The van der Waals surface area contributed by atoms with Gasteiger partial charge in [0.25, 0.3) is 0 Å². The number of hydrogen-bond acceptors (Lipinski definition) is 2. The third-order valence-electron chi connectivity index (χ3n) is 1.67. The quantitative estimate of drug-likeness (QED) is 0.552. The van der Waals surface area contributed by atoms with E-state index in [1.165, 1.54) is 6.92 Å². The van der Waals surface area contributed by atoms with Crippen LogP contribution in [0, 0.1) is 5.92 Å². The van der Waals surface area contributed by atoms with Crippen molar-refractivity contribution in [3.05, 3.63) is 0 Å². The highest BCUT2D eigenvalue weighted by Crippen LogP contribution is 2.40. The Morgan fingerprint density at radius 1 is 1.27 bits per heavy atom. The molecular weight excluding hydrogens is 223 g/mol. The summed E-state index contributed by atoms with van der Waals surface area (Å²) >= 11 is 0. The lowest BCUT2D eigenvalue weighted by atomic mass is 10.0. The van der Waals surface area contributed by atoms with E-state index in [0.717, 1.165) is 6.92 Å². The van der Waals surface area contributed by atoms with Crippen molar-refractivity contribution in [2.45, 2.75) is 32.4 Å². The molecule has 0 saturated carbocycles. The SMILES string of the molecule is CCOC(=O)C(C)CC(F)(F)C(F)(F)F. The van der Waals surface area contributed by atoms with E-state index in [2.05, 4.69) is 4.74 Å². The normalized spacial score (nSPS) is 14.9. The zero-order chi connectivity index (χ0) is 12.3. The summed E-state index contributed by atoms with van der Waals surface area (Å²) in [5, 5.41) is 0. The van der Waals surface area contributed by atoms with Gasteiger partial charge in [-0.05, 0) is 6.92 Å². The summed E-state index contributed by atoms with van der Waals surface area (Å²) in [5.41, 5.74) is 0. The molecular formula is C8H11F5O2. The van der Waals surface area contributed by atoms with E-state index in [-0.39, 0.29) is 6.61 Å². The highest BCUT2D eigenvalue weighted by atomic mass is 19.4. The Hall–Kier alpha value is -0.880. The first-order chi connectivity index (χ1) is 6.62. The fourth-order valence-corrected chi connectivity index (χ4v) is 0.868. The van der Waals surface area contributed by atoms with Crippen molar-refractivity contribution < 1.29 is 31.5 Å². The summed E-state index contributed by atoms with van der Waals surface area (Å²) in [6.07, 6.45) is -7.22. The van der Waals surface area contributed by atoms with E-state index in [9.17, 15) is 26.7 Å². The second-order valence-electron chi connectivity index (χ2n) is 3.06. The van der Waals surface area contributed by atoms with Gasteiger partial charge in [0.15, 0.2) is 0 Å². The highest BCUT2D eigenvalue weighted by molar-refractivity contribution is 5.72. The molecule has 0 saturated heterocycles. The van der Waals surface area contributed by atoms with Crippen molar-refractivity contribution >= 4 is 5.97 Å². The van der Waals surface area contributed by atoms with Gasteiger partial charge in [-0.2, -0.15) is 22.0 Å². The summed E-state index contributed by atoms with van der Waals surface area (Å²) in [4.78, 5) is 10.8. The van der Waals surface area contributed by atoms with Crippen LogP contribution in [0.5, 0.6) is 0 Å². The zero-order valence-corrected chi connectivity index (χ0v) is 8.20. The van der Waals surface area contributed by atoms with Gasteiger partial charge in [-0.15, -0.1) is 0 Å². The Bertz CT molecular complexity index is 224. The number of rotatable bonds is 4. The Morgan fingerprint density at radius 2 is 1.73 bits per heavy atom. The fourth-order valence-electron chi connectivity index (χ4n) is 0.868. The average molecular weight is 234 g/mol. The van der Waals surface area contributed by atoms with Gasteiger partial charge < -0.3 is 4.74 Å². The Morgan fingerprint density at radius 3 is 2.07 bits per heavy atom. The number of carbonyl (C=O) groups is 1. The monoisotopic (exact) mass is 234 g/mol. The zero-order valence-electron chi connectivity index (χ0n) is 8.20. The van der Waals surface area contributed by atoms with Crippen LogP contribution in [0.4, 0.5) is 22.0 Å². The first kappa shape index (κ1) is 14.1. The van der Waals surface area contributed by atoms with Gasteiger partial charge in [0.05, 0.1) is 12.5 Å². The summed E-state index contributed by atoms with van der Waals surface area (Å²) < 4.78 is 64.4. The molecule has 7 heteroatoms. The van der Waals surface area contributed by atoms with Crippen LogP contribution >= 0.6 is 0 Å². The molecule has 90 valence electrons. The maximum absolute atomic E-state index is 12.4. The van der Waals surface area contributed by atoms with Crippen LogP contribution in [0.3, 0.4) is 0 Å². The van der Waals surface area contributed by atoms with Crippen LogP contribution < -0.4 is 0 Å². The molecule has 0 N–H and O–H groups in total.